The first-order valence-electron chi connectivity index (χ1n) is 9.24. The summed E-state index contributed by atoms with van der Waals surface area (Å²) in [6, 6.07) is 9.63. The van der Waals surface area contributed by atoms with Gasteiger partial charge in [-0.2, -0.15) is 0 Å². The fourth-order valence-corrected chi connectivity index (χ4v) is 4.25. The summed E-state index contributed by atoms with van der Waals surface area (Å²) in [4.78, 5) is 12.3. The fourth-order valence-electron chi connectivity index (χ4n) is 3.57. The minimum Gasteiger partial charge on any atom is -0.353 e. The molecule has 1 aromatic carbocycles. The highest BCUT2D eigenvalue weighted by molar-refractivity contribution is 7.90. The third kappa shape index (κ3) is 7.78. The minimum atomic E-state index is -3.11. The molecule has 1 saturated carbocycles. The lowest BCUT2D eigenvalue weighted by atomic mass is 9.94. The summed E-state index contributed by atoms with van der Waals surface area (Å²) in [5.74, 6) is -0.357. The molecule has 0 bridgehead atoms. The van der Waals surface area contributed by atoms with Gasteiger partial charge in [-0.15, -0.1) is 12.4 Å². The second kappa shape index (κ2) is 10.4. The molecular formula is C19H32ClN3O3S. The molecule has 4 N–H and O–H groups in total. The van der Waals surface area contributed by atoms with E-state index in [2.05, 4.69) is 29.7 Å². The minimum absolute atomic E-state index is 0. The zero-order chi connectivity index (χ0) is 19.2. The number of hydrogen-bond acceptors (Lipinski definition) is 5. The van der Waals surface area contributed by atoms with Crippen LogP contribution in [-0.2, 0) is 14.6 Å². The Labute approximate surface area is 169 Å². The van der Waals surface area contributed by atoms with E-state index in [4.69, 9.17) is 5.73 Å². The van der Waals surface area contributed by atoms with Crippen molar-refractivity contribution in [1.29, 1.82) is 0 Å². The number of nitrogens with one attached hydrogen (secondary N) is 2. The van der Waals surface area contributed by atoms with Gasteiger partial charge >= 0.3 is 0 Å². The van der Waals surface area contributed by atoms with Gasteiger partial charge in [-0.3, -0.25) is 4.79 Å². The van der Waals surface area contributed by atoms with Crippen molar-refractivity contribution in [3.8, 4) is 0 Å². The normalized spacial score (nSPS) is 18.3. The van der Waals surface area contributed by atoms with Gasteiger partial charge in [0.2, 0.25) is 5.91 Å². The topological polar surface area (TPSA) is 101 Å². The van der Waals surface area contributed by atoms with Crippen LogP contribution in [0.2, 0.25) is 0 Å². The van der Waals surface area contributed by atoms with E-state index in [1.54, 1.807) is 0 Å². The Morgan fingerprint density at radius 2 is 1.81 bits per heavy atom. The number of hydrogen-bond donors (Lipinski definition) is 3. The van der Waals surface area contributed by atoms with Crippen LogP contribution in [0.4, 0.5) is 0 Å². The van der Waals surface area contributed by atoms with Gasteiger partial charge in [0.25, 0.3) is 0 Å². The molecule has 0 heterocycles. The van der Waals surface area contributed by atoms with E-state index < -0.39 is 15.9 Å². The van der Waals surface area contributed by atoms with Crippen molar-refractivity contribution in [2.75, 3.05) is 18.6 Å². The first-order valence-corrected chi connectivity index (χ1v) is 11.3. The third-order valence-corrected chi connectivity index (χ3v) is 6.10. The lowest BCUT2D eigenvalue weighted by molar-refractivity contribution is -0.122. The summed E-state index contributed by atoms with van der Waals surface area (Å²) in [5.41, 5.74) is 6.93. The molecule has 0 aliphatic heterocycles. The Bertz CT molecular complexity index is 691. The van der Waals surface area contributed by atoms with Gasteiger partial charge in [0.05, 0.1) is 11.8 Å². The van der Waals surface area contributed by atoms with Crippen molar-refractivity contribution in [2.45, 2.75) is 56.7 Å². The van der Waals surface area contributed by atoms with E-state index in [0.29, 0.717) is 6.54 Å². The van der Waals surface area contributed by atoms with E-state index >= 15 is 0 Å². The summed E-state index contributed by atoms with van der Waals surface area (Å²) in [7, 11) is -3.11. The Morgan fingerprint density at radius 1 is 1.22 bits per heavy atom. The Balaban J connectivity index is 0.00000364. The predicted octanol–water partition coefficient (Wildman–Crippen LogP) is 1.95. The van der Waals surface area contributed by atoms with Gasteiger partial charge in [-0.05, 0) is 31.7 Å². The quantitative estimate of drug-likeness (QED) is 0.570. The van der Waals surface area contributed by atoms with E-state index in [-0.39, 0.29) is 42.1 Å². The number of rotatable bonds is 9. The van der Waals surface area contributed by atoms with E-state index in [1.165, 1.54) is 5.56 Å². The molecule has 2 unspecified atom stereocenters. The molecule has 1 fully saturated rings. The van der Waals surface area contributed by atoms with Gasteiger partial charge in [0, 0.05) is 24.4 Å². The molecule has 1 amide bonds. The smallest absolute Gasteiger partial charge is 0.237 e. The van der Waals surface area contributed by atoms with Crippen LogP contribution in [-0.4, -0.2) is 44.5 Å². The van der Waals surface area contributed by atoms with Crippen molar-refractivity contribution in [1.82, 2.24) is 10.6 Å². The Morgan fingerprint density at radius 3 is 2.37 bits per heavy atom. The van der Waals surface area contributed by atoms with Gasteiger partial charge in [0.1, 0.15) is 9.84 Å². The molecular weight excluding hydrogens is 386 g/mol. The van der Waals surface area contributed by atoms with Crippen LogP contribution in [0.1, 0.15) is 50.6 Å². The summed E-state index contributed by atoms with van der Waals surface area (Å²) in [6.45, 7) is 2.64. The molecule has 1 aromatic rings. The van der Waals surface area contributed by atoms with E-state index in [1.807, 2.05) is 18.2 Å². The summed E-state index contributed by atoms with van der Waals surface area (Å²) in [5, 5.41) is 6.64. The molecule has 27 heavy (non-hydrogen) atoms. The van der Waals surface area contributed by atoms with Crippen molar-refractivity contribution >= 4 is 28.2 Å². The van der Waals surface area contributed by atoms with Crippen molar-refractivity contribution < 1.29 is 13.2 Å². The monoisotopic (exact) mass is 417 g/mol. The van der Waals surface area contributed by atoms with E-state index in [9.17, 15) is 13.2 Å². The van der Waals surface area contributed by atoms with Crippen LogP contribution in [0.15, 0.2) is 30.3 Å². The summed E-state index contributed by atoms with van der Waals surface area (Å²) >= 11 is 0. The fraction of sp³-hybridized carbons (Fsp3) is 0.632. The molecule has 8 heteroatoms. The maximum absolute atomic E-state index is 12.3. The van der Waals surface area contributed by atoms with Crippen LogP contribution in [0.5, 0.6) is 0 Å². The molecule has 1 aliphatic rings. The third-order valence-electron chi connectivity index (χ3n) is 5.12. The number of amides is 1. The molecule has 154 valence electrons. The van der Waals surface area contributed by atoms with Gasteiger partial charge in [-0.1, -0.05) is 43.2 Å². The lowest BCUT2D eigenvalue weighted by Gasteiger charge is -2.34. The van der Waals surface area contributed by atoms with Gasteiger partial charge in [0.15, 0.2) is 0 Å². The average molecular weight is 418 g/mol. The second-order valence-corrected chi connectivity index (χ2v) is 9.77. The number of benzene rings is 1. The van der Waals surface area contributed by atoms with Crippen molar-refractivity contribution in [3.63, 3.8) is 0 Å². The molecule has 2 rings (SSSR count). The standard InChI is InChI=1S/C19H31N3O3S.ClH/c1-15(16-8-4-3-5-9-16)22-19(11-6-7-12-19)14-21-18(23)17(20)10-13-26(2,24)25;/h3-5,8-9,15,17,22H,6-7,10-14,20H2,1-2H3,(H,21,23);1H. The molecule has 0 saturated heterocycles. The van der Waals surface area contributed by atoms with Crippen LogP contribution in [0.25, 0.3) is 0 Å². The number of carbonyl (C=O) groups excluding carboxylic acids is 1. The highest BCUT2D eigenvalue weighted by atomic mass is 35.5. The zero-order valence-electron chi connectivity index (χ0n) is 16.1. The van der Waals surface area contributed by atoms with Crippen LogP contribution in [0.3, 0.4) is 0 Å². The summed E-state index contributed by atoms with van der Waals surface area (Å²) < 4.78 is 22.5. The largest absolute Gasteiger partial charge is 0.353 e. The number of nitrogens with two attached hydrogens (primary N) is 1. The van der Waals surface area contributed by atoms with Crippen molar-refractivity contribution in [2.24, 2.45) is 5.73 Å². The summed E-state index contributed by atoms with van der Waals surface area (Å²) in [6.07, 6.45) is 5.56. The molecule has 0 radical (unpaired) electrons. The average Bonchev–Trinajstić information content (AvgIpc) is 3.06. The zero-order valence-corrected chi connectivity index (χ0v) is 17.7. The van der Waals surface area contributed by atoms with Gasteiger partial charge in [-0.25, -0.2) is 8.42 Å². The first kappa shape index (κ1) is 23.9. The highest BCUT2D eigenvalue weighted by Crippen LogP contribution is 2.31. The Hall–Kier alpha value is -1.15. The maximum atomic E-state index is 12.3. The number of carbonyl (C=O) groups is 1. The van der Waals surface area contributed by atoms with Crippen LogP contribution >= 0.6 is 12.4 Å². The predicted molar refractivity (Wildman–Crippen MR) is 112 cm³/mol. The highest BCUT2D eigenvalue weighted by Gasteiger charge is 2.35. The second-order valence-electron chi connectivity index (χ2n) is 7.51. The Kier molecular flexibility index (Phi) is 9.21. The maximum Gasteiger partial charge on any atom is 0.237 e. The van der Waals surface area contributed by atoms with Crippen molar-refractivity contribution in [3.05, 3.63) is 35.9 Å². The molecule has 6 nitrogen and oxygen atoms in total. The molecule has 0 spiro atoms. The van der Waals surface area contributed by atoms with E-state index in [0.717, 1.165) is 31.9 Å². The number of sulfone groups is 1. The molecule has 0 aromatic heterocycles. The van der Waals surface area contributed by atoms with Crippen LogP contribution < -0.4 is 16.4 Å². The SMILES string of the molecule is CC(NC1(CNC(=O)C(N)CCS(C)(=O)=O)CCCC1)c1ccccc1.Cl. The lowest BCUT2D eigenvalue weighted by Crippen LogP contribution is -2.54. The first-order chi connectivity index (χ1) is 12.2. The number of halogens is 1. The van der Waals surface area contributed by atoms with Gasteiger partial charge < -0.3 is 16.4 Å². The van der Waals surface area contributed by atoms with Crippen LogP contribution in [0, 0.1) is 0 Å². The molecule has 2 atom stereocenters. The molecule has 1 aliphatic carbocycles.